The Balaban J connectivity index is 2.23. The summed E-state index contributed by atoms with van der Waals surface area (Å²) in [5, 5.41) is 21.4. The van der Waals surface area contributed by atoms with E-state index in [-0.39, 0.29) is 12.5 Å². The van der Waals surface area contributed by atoms with Crippen molar-refractivity contribution in [3.8, 4) is 11.6 Å². The summed E-state index contributed by atoms with van der Waals surface area (Å²) < 4.78 is 1.63. The van der Waals surface area contributed by atoms with E-state index >= 15 is 0 Å². The van der Waals surface area contributed by atoms with E-state index in [1.807, 2.05) is 24.3 Å². The number of hydrogen-bond acceptors (Lipinski definition) is 3. The van der Waals surface area contributed by atoms with Crippen LogP contribution in [0.3, 0.4) is 0 Å². The van der Waals surface area contributed by atoms with Gasteiger partial charge in [0.25, 0.3) is 0 Å². The Morgan fingerprint density at radius 3 is 2.46 bits per heavy atom. The van der Waals surface area contributed by atoms with Gasteiger partial charge in [0, 0.05) is 24.8 Å². The third-order valence-corrected chi connectivity index (χ3v) is 4.32. The SMILES string of the molecule is OCCCN=Cc1c(O)n(-c2c(Cl)cccc2Cl)c2ccccc12. The smallest absolute Gasteiger partial charge is 0.205 e. The summed E-state index contributed by atoms with van der Waals surface area (Å²) in [5.74, 6) is 0.0268. The minimum atomic E-state index is 0.0268. The van der Waals surface area contributed by atoms with Gasteiger partial charge in [0.2, 0.25) is 5.88 Å². The maximum Gasteiger partial charge on any atom is 0.205 e. The van der Waals surface area contributed by atoms with Crippen molar-refractivity contribution < 1.29 is 10.2 Å². The van der Waals surface area contributed by atoms with Crippen LogP contribution in [-0.4, -0.2) is 34.1 Å². The first-order chi connectivity index (χ1) is 11.6. The molecule has 0 fully saturated rings. The van der Waals surface area contributed by atoms with Gasteiger partial charge in [0.05, 0.1) is 26.8 Å². The molecule has 0 aliphatic heterocycles. The minimum absolute atomic E-state index is 0.0268. The zero-order chi connectivity index (χ0) is 17.1. The quantitative estimate of drug-likeness (QED) is 0.520. The molecule has 124 valence electrons. The lowest BCUT2D eigenvalue weighted by molar-refractivity contribution is 0.291. The van der Waals surface area contributed by atoms with Gasteiger partial charge in [-0.15, -0.1) is 0 Å². The maximum atomic E-state index is 10.8. The van der Waals surface area contributed by atoms with Crippen molar-refractivity contribution in [2.24, 2.45) is 4.99 Å². The molecule has 0 spiro atoms. The molecule has 1 aromatic heterocycles. The number of aromatic nitrogens is 1. The second kappa shape index (κ2) is 7.26. The highest BCUT2D eigenvalue weighted by Gasteiger charge is 2.19. The predicted octanol–water partition coefficient (Wildman–Crippen LogP) is 4.44. The highest BCUT2D eigenvalue weighted by molar-refractivity contribution is 6.38. The molecule has 2 N–H and O–H groups in total. The number of para-hydroxylation sites is 2. The molecular formula is C18H16Cl2N2O2. The first-order valence-electron chi connectivity index (χ1n) is 7.52. The largest absolute Gasteiger partial charge is 0.494 e. The highest BCUT2D eigenvalue weighted by atomic mass is 35.5. The molecule has 0 bridgehead atoms. The Morgan fingerprint density at radius 1 is 1.04 bits per heavy atom. The van der Waals surface area contributed by atoms with E-state index in [2.05, 4.69) is 4.99 Å². The standard InChI is InChI=1S/C18H16Cl2N2O2/c19-14-6-3-7-15(20)17(14)22-16-8-2-1-5-12(16)13(18(22)24)11-21-9-4-10-23/h1-3,5-8,11,23-24H,4,9-10H2. The molecule has 0 saturated carbocycles. The van der Waals surface area contributed by atoms with Gasteiger partial charge >= 0.3 is 0 Å². The molecule has 3 aromatic rings. The Kier molecular flexibility index (Phi) is 5.09. The highest BCUT2D eigenvalue weighted by Crippen LogP contribution is 2.38. The van der Waals surface area contributed by atoms with Crippen LogP contribution in [0.4, 0.5) is 0 Å². The third kappa shape index (κ3) is 3.00. The summed E-state index contributed by atoms with van der Waals surface area (Å²) in [4.78, 5) is 4.27. The van der Waals surface area contributed by atoms with Crippen LogP contribution in [0, 0.1) is 0 Å². The van der Waals surface area contributed by atoms with E-state index in [4.69, 9.17) is 28.3 Å². The fourth-order valence-corrected chi connectivity index (χ4v) is 3.19. The van der Waals surface area contributed by atoms with E-state index < -0.39 is 0 Å². The Labute approximate surface area is 149 Å². The van der Waals surface area contributed by atoms with Crippen molar-refractivity contribution in [3.63, 3.8) is 0 Å². The van der Waals surface area contributed by atoms with Crippen LogP contribution in [-0.2, 0) is 0 Å². The number of aliphatic imine (C=N–C) groups is 1. The average Bonchev–Trinajstić information content (AvgIpc) is 2.84. The first-order valence-corrected chi connectivity index (χ1v) is 8.28. The van der Waals surface area contributed by atoms with Crippen molar-refractivity contribution in [2.45, 2.75) is 6.42 Å². The average molecular weight is 363 g/mol. The predicted molar refractivity (Wildman–Crippen MR) is 99.1 cm³/mol. The number of nitrogens with zero attached hydrogens (tertiary/aromatic N) is 2. The second-order valence-electron chi connectivity index (χ2n) is 5.27. The topological polar surface area (TPSA) is 57.8 Å². The van der Waals surface area contributed by atoms with E-state index in [0.717, 1.165) is 10.9 Å². The molecule has 0 amide bonds. The molecule has 6 heteroatoms. The van der Waals surface area contributed by atoms with Crippen LogP contribution >= 0.6 is 23.2 Å². The van der Waals surface area contributed by atoms with Gasteiger partial charge in [-0.3, -0.25) is 9.56 Å². The zero-order valence-electron chi connectivity index (χ0n) is 12.8. The number of fused-ring (bicyclic) bond motifs is 1. The number of rotatable bonds is 5. The summed E-state index contributed by atoms with van der Waals surface area (Å²) in [6.07, 6.45) is 2.20. The number of aliphatic hydroxyl groups excluding tert-OH is 1. The molecule has 24 heavy (non-hydrogen) atoms. The minimum Gasteiger partial charge on any atom is -0.494 e. The molecule has 0 radical (unpaired) electrons. The van der Waals surface area contributed by atoms with Crippen LogP contribution in [0.1, 0.15) is 12.0 Å². The molecule has 0 unspecified atom stereocenters. The summed E-state index contributed by atoms with van der Waals surface area (Å²) in [6.45, 7) is 0.572. The van der Waals surface area contributed by atoms with Gasteiger partial charge in [-0.25, -0.2) is 0 Å². The van der Waals surface area contributed by atoms with Gasteiger partial charge in [0.1, 0.15) is 0 Å². The third-order valence-electron chi connectivity index (χ3n) is 3.71. The van der Waals surface area contributed by atoms with Crippen molar-refractivity contribution in [3.05, 3.63) is 58.1 Å². The van der Waals surface area contributed by atoms with E-state index in [1.54, 1.807) is 29.0 Å². The monoisotopic (exact) mass is 362 g/mol. The molecule has 1 heterocycles. The van der Waals surface area contributed by atoms with Crippen LogP contribution in [0.2, 0.25) is 10.0 Å². The zero-order valence-corrected chi connectivity index (χ0v) is 14.3. The van der Waals surface area contributed by atoms with E-state index in [9.17, 15) is 5.11 Å². The van der Waals surface area contributed by atoms with E-state index in [0.29, 0.717) is 34.3 Å². The molecule has 0 aliphatic carbocycles. The summed E-state index contributed by atoms with van der Waals surface area (Å²) in [6, 6.07) is 12.8. The summed E-state index contributed by atoms with van der Waals surface area (Å²) in [7, 11) is 0. The molecule has 3 rings (SSSR count). The first kappa shape index (κ1) is 16.8. The number of hydrogen-bond donors (Lipinski definition) is 2. The lowest BCUT2D eigenvalue weighted by Gasteiger charge is -2.11. The normalized spacial score (nSPS) is 11.6. The molecule has 4 nitrogen and oxygen atoms in total. The van der Waals surface area contributed by atoms with Gasteiger partial charge in [0.15, 0.2) is 0 Å². The number of halogens is 2. The van der Waals surface area contributed by atoms with Gasteiger partial charge in [-0.1, -0.05) is 47.5 Å². The fraction of sp³-hybridized carbons (Fsp3) is 0.167. The molecule has 2 aromatic carbocycles. The van der Waals surface area contributed by atoms with Crippen LogP contribution in [0.5, 0.6) is 5.88 Å². The molecule has 0 saturated heterocycles. The van der Waals surface area contributed by atoms with Crippen molar-refractivity contribution in [1.29, 1.82) is 0 Å². The van der Waals surface area contributed by atoms with Crippen LogP contribution in [0.25, 0.3) is 16.6 Å². The Morgan fingerprint density at radius 2 is 1.75 bits per heavy atom. The van der Waals surface area contributed by atoms with Crippen LogP contribution in [0.15, 0.2) is 47.5 Å². The van der Waals surface area contributed by atoms with E-state index in [1.165, 1.54) is 0 Å². The maximum absolute atomic E-state index is 10.8. The Bertz CT molecular complexity index is 883. The molecule has 0 atom stereocenters. The lowest BCUT2D eigenvalue weighted by atomic mass is 10.2. The van der Waals surface area contributed by atoms with Crippen molar-refractivity contribution in [1.82, 2.24) is 4.57 Å². The fourth-order valence-electron chi connectivity index (χ4n) is 2.63. The van der Waals surface area contributed by atoms with Crippen molar-refractivity contribution in [2.75, 3.05) is 13.2 Å². The second-order valence-corrected chi connectivity index (χ2v) is 6.09. The molecular weight excluding hydrogens is 347 g/mol. The van der Waals surface area contributed by atoms with Gasteiger partial charge < -0.3 is 10.2 Å². The number of aromatic hydroxyl groups is 1. The molecule has 0 aliphatic rings. The van der Waals surface area contributed by atoms with Crippen molar-refractivity contribution >= 4 is 40.3 Å². The van der Waals surface area contributed by atoms with Gasteiger partial charge in [-0.05, 0) is 24.6 Å². The summed E-state index contributed by atoms with van der Waals surface area (Å²) in [5.41, 5.74) is 1.91. The van der Waals surface area contributed by atoms with Gasteiger partial charge in [-0.2, -0.15) is 0 Å². The number of benzene rings is 2. The lowest BCUT2D eigenvalue weighted by Crippen LogP contribution is -1.96. The summed E-state index contributed by atoms with van der Waals surface area (Å²) >= 11 is 12.6. The number of aliphatic hydroxyl groups is 1. The van der Waals surface area contributed by atoms with Crippen LogP contribution < -0.4 is 0 Å². The Hall–Kier alpha value is -2.01.